The quantitative estimate of drug-likeness (QED) is 0.533. The average Bonchev–Trinajstić information content (AvgIpc) is 3.07. The van der Waals surface area contributed by atoms with Crippen molar-refractivity contribution < 1.29 is 14.3 Å². The highest BCUT2D eigenvalue weighted by Gasteiger charge is 2.31. The first-order valence-corrected chi connectivity index (χ1v) is 11.3. The smallest absolute Gasteiger partial charge is 0.318 e. The van der Waals surface area contributed by atoms with Crippen LogP contribution in [0, 0.1) is 5.92 Å². The lowest BCUT2D eigenvalue weighted by Crippen LogP contribution is -2.40. The van der Waals surface area contributed by atoms with Gasteiger partial charge in [-0.1, -0.05) is 62.1 Å². The van der Waals surface area contributed by atoms with Gasteiger partial charge in [-0.2, -0.15) is 0 Å². The Labute approximate surface area is 188 Å². The summed E-state index contributed by atoms with van der Waals surface area (Å²) in [5, 5.41) is 3.39. The molecule has 1 heterocycles. The van der Waals surface area contributed by atoms with Gasteiger partial charge in [0.2, 0.25) is 5.91 Å². The predicted octanol–water partition coefficient (Wildman–Crippen LogP) is 5.06. The number of para-hydroxylation sites is 1. The number of amides is 3. The SMILES string of the molecule is NC(=O)NC(=O)C(c1ccc(OCc2ccc3ccccc3n2)cc1)C1CCCCCC1. The van der Waals surface area contributed by atoms with Crippen LogP contribution in [0.15, 0.2) is 60.7 Å². The highest BCUT2D eigenvalue weighted by atomic mass is 16.5. The summed E-state index contributed by atoms with van der Waals surface area (Å²) in [6, 6.07) is 18.8. The van der Waals surface area contributed by atoms with Gasteiger partial charge in [-0.15, -0.1) is 0 Å². The predicted molar refractivity (Wildman–Crippen MR) is 124 cm³/mol. The van der Waals surface area contributed by atoms with Gasteiger partial charge in [-0.3, -0.25) is 10.1 Å². The topological polar surface area (TPSA) is 94.3 Å². The molecule has 1 aliphatic rings. The first-order valence-electron chi connectivity index (χ1n) is 11.3. The third-order valence-corrected chi connectivity index (χ3v) is 6.18. The summed E-state index contributed by atoms with van der Waals surface area (Å²) < 4.78 is 5.93. The number of nitrogens with two attached hydrogens (primary N) is 1. The van der Waals surface area contributed by atoms with Crippen LogP contribution in [0.5, 0.6) is 5.75 Å². The molecule has 3 N–H and O–H groups in total. The Kier molecular flexibility index (Phi) is 7.00. The lowest BCUT2D eigenvalue weighted by atomic mass is 9.80. The van der Waals surface area contributed by atoms with Crippen molar-refractivity contribution in [3.05, 3.63) is 71.9 Å². The summed E-state index contributed by atoms with van der Waals surface area (Å²) >= 11 is 0. The summed E-state index contributed by atoms with van der Waals surface area (Å²) in [7, 11) is 0. The van der Waals surface area contributed by atoms with Gasteiger partial charge < -0.3 is 10.5 Å². The van der Waals surface area contributed by atoms with Crippen LogP contribution in [0.1, 0.15) is 55.7 Å². The van der Waals surface area contributed by atoms with Crippen molar-refractivity contribution in [2.45, 2.75) is 51.0 Å². The van der Waals surface area contributed by atoms with Crippen molar-refractivity contribution in [3.63, 3.8) is 0 Å². The van der Waals surface area contributed by atoms with Gasteiger partial charge in [0.1, 0.15) is 12.4 Å². The van der Waals surface area contributed by atoms with E-state index >= 15 is 0 Å². The maximum absolute atomic E-state index is 12.8. The molecule has 166 valence electrons. The molecule has 0 bridgehead atoms. The molecule has 2 aromatic carbocycles. The molecule has 1 aromatic heterocycles. The van der Waals surface area contributed by atoms with Crippen LogP contribution in [0.25, 0.3) is 10.9 Å². The molecule has 0 aliphatic heterocycles. The van der Waals surface area contributed by atoms with Crippen molar-refractivity contribution in [2.75, 3.05) is 0 Å². The molecule has 4 rings (SSSR count). The molecule has 1 atom stereocenters. The molecule has 1 saturated carbocycles. The number of hydrogen-bond donors (Lipinski definition) is 2. The molecule has 3 amide bonds. The number of fused-ring (bicyclic) bond motifs is 1. The zero-order valence-electron chi connectivity index (χ0n) is 18.1. The number of imide groups is 1. The molecular formula is C26H29N3O3. The highest BCUT2D eigenvalue weighted by molar-refractivity contribution is 5.97. The Morgan fingerprint density at radius 2 is 1.69 bits per heavy atom. The van der Waals surface area contributed by atoms with Crippen LogP contribution in [0.3, 0.4) is 0 Å². The van der Waals surface area contributed by atoms with E-state index in [0.717, 1.165) is 47.8 Å². The van der Waals surface area contributed by atoms with Gasteiger partial charge in [-0.05, 0) is 48.6 Å². The fourth-order valence-corrected chi connectivity index (χ4v) is 4.60. The van der Waals surface area contributed by atoms with Gasteiger partial charge >= 0.3 is 6.03 Å². The molecule has 0 saturated heterocycles. The van der Waals surface area contributed by atoms with Crippen molar-refractivity contribution in [2.24, 2.45) is 11.7 Å². The number of rotatable bonds is 6. The number of carbonyl (C=O) groups excluding carboxylic acids is 2. The maximum atomic E-state index is 12.8. The second-order valence-electron chi connectivity index (χ2n) is 8.44. The number of ether oxygens (including phenoxy) is 1. The molecule has 0 radical (unpaired) electrons. The van der Waals surface area contributed by atoms with Crippen LogP contribution in [0.4, 0.5) is 4.79 Å². The van der Waals surface area contributed by atoms with E-state index in [-0.39, 0.29) is 11.8 Å². The lowest BCUT2D eigenvalue weighted by molar-refractivity contribution is -0.122. The number of carbonyl (C=O) groups is 2. The third kappa shape index (κ3) is 5.44. The van der Waals surface area contributed by atoms with Crippen molar-refractivity contribution in [1.29, 1.82) is 0 Å². The maximum Gasteiger partial charge on any atom is 0.318 e. The first kappa shape index (κ1) is 21.8. The van der Waals surface area contributed by atoms with Crippen LogP contribution >= 0.6 is 0 Å². The molecule has 0 spiro atoms. The summed E-state index contributed by atoms with van der Waals surface area (Å²) in [5.74, 6) is 0.194. The van der Waals surface area contributed by atoms with E-state index in [2.05, 4.69) is 10.3 Å². The van der Waals surface area contributed by atoms with E-state index in [0.29, 0.717) is 12.4 Å². The van der Waals surface area contributed by atoms with E-state index < -0.39 is 11.9 Å². The van der Waals surface area contributed by atoms with Gasteiger partial charge in [0.25, 0.3) is 0 Å². The molecule has 3 aromatic rings. The number of nitrogens with one attached hydrogen (secondary N) is 1. The van der Waals surface area contributed by atoms with Crippen LogP contribution < -0.4 is 15.8 Å². The molecule has 6 heteroatoms. The van der Waals surface area contributed by atoms with Crippen molar-refractivity contribution in [1.82, 2.24) is 10.3 Å². The summed E-state index contributed by atoms with van der Waals surface area (Å²) in [6.45, 7) is 0.360. The van der Waals surface area contributed by atoms with E-state index in [4.69, 9.17) is 10.5 Å². The van der Waals surface area contributed by atoms with Crippen LogP contribution in [-0.2, 0) is 11.4 Å². The number of nitrogens with zero attached hydrogens (tertiary/aromatic N) is 1. The molecule has 1 fully saturated rings. The van der Waals surface area contributed by atoms with Crippen LogP contribution in [-0.4, -0.2) is 16.9 Å². The van der Waals surface area contributed by atoms with Crippen molar-refractivity contribution in [3.8, 4) is 5.75 Å². The number of hydrogen-bond acceptors (Lipinski definition) is 4. The second-order valence-corrected chi connectivity index (χ2v) is 8.44. The zero-order chi connectivity index (χ0) is 22.3. The Morgan fingerprint density at radius 1 is 0.969 bits per heavy atom. The van der Waals surface area contributed by atoms with E-state index in [1.165, 1.54) is 12.8 Å². The van der Waals surface area contributed by atoms with E-state index in [9.17, 15) is 9.59 Å². The summed E-state index contributed by atoms with van der Waals surface area (Å²) in [5.41, 5.74) is 7.90. The van der Waals surface area contributed by atoms with Gasteiger partial charge in [0.05, 0.1) is 17.1 Å². The molecule has 6 nitrogen and oxygen atoms in total. The lowest BCUT2D eigenvalue weighted by Gasteiger charge is -2.25. The van der Waals surface area contributed by atoms with Gasteiger partial charge in [-0.25, -0.2) is 9.78 Å². The van der Waals surface area contributed by atoms with Gasteiger partial charge in [0.15, 0.2) is 0 Å². The minimum absolute atomic E-state index is 0.199. The Morgan fingerprint density at radius 3 is 2.41 bits per heavy atom. The Hall–Kier alpha value is -3.41. The second kappa shape index (κ2) is 10.3. The molecule has 1 aliphatic carbocycles. The average molecular weight is 432 g/mol. The fourth-order valence-electron chi connectivity index (χ4n) is 4.60. The minimum atomic E-state index is -0.809. The number of primary amides is 1. The fraction of sp³-hybridized carbons (Fsp3) is 0.346. The molecular weight excluding hydrogens is 402 g/mol. The Bertz CT molecular complexity index is 1070. The summed E-state index contributed by atoms with van der Waals surface area (Å²) in [4.78, 5) is 28.8. The number of pyridine rings is 1. The normalized spacial score (nSPS) is 15.6. The van der Waals surface area contributed by atoms with Crippen LogP contribution in [0.2, 0.25) is 0 Å². The monoisotopic (exact) mass is 431 g/mol. The third-order valence-electron chi connectivity index (χ3n) is 6.18. The van der Waals surface area contributed by atoms with E-state index in [1.54, 1.807) is 0 Å². The standard InChI is InChI=1S/C26H29N3O3/c27-26(31)29-25(30)24(19-8-3-1-2-4-9-19)20-12-15-22(16-13-20)32-17-21-14-11-18-7-5-6-10-23(18)28-21/h5-7,10-16,19,24H,1-4,8-9,17H2,(H3,27,29,30,31). The number of benzene rings is 2. The van der Waals surface area contributed by atoms with Crippen molar-refractivity contribution >= 4 is 22.8 Å². The van der Waals surface area contributed by atoms with Gasteiger partial charge in [0, 0.05) is 5.39 Å². The largest absolute Gasteiger partial charge is 0.487 e. The molecule has 1 unspecified atom stereocenters. The molecule has 32 heavy (non-hydrogen) atoms. The number of aromatic nitrogens is 1. The Balaban J connectivity index is 1.47. The van der Waals surface area contributed by atoms with E-state index in [1.807, 2.05) is 60.7 Å². The minimum Gasteiger partial charge on any atom is -0.487 e. The summed E-state index contributed by atoms with van der Waals surface area (Å²) in [6.07, 6.45) is 6.54. The highest BCUT2D eigenvalue weighted by Crippen LogP contribution is 2.36. The number of urea groups is 1. The first-order chi connectivity index (χ1) is 15.6. The zero-order valence-corrected chi connectivity index (χ0v) is 18.1.